The summed E-state index contributed by atoms with van der Waals surface area (Å²) in [6.45, 7) is 3.20. The second kappa shape index (κ2) is 4.04. The monoisotopic (exact) mass is 159 g/mol. The first-order valence-electron chi connectivity index (χ1n) is 4.18. The van der Waals surface area contributed by atoms with Crippen LogP contribution in [0.1, 0.15) is 19.8 Å². The summed E-state index contributed by atoms with van der Waals surface area (Å²) in [5, 5.41) is 12.5. The van der Waals surface area contributed by atoms with Gasteiger partial charge in [0.25, 0.3) is 0 Å². The average Bonchev–Trinajstić information content (AvgIpc) is 2.05. The summed E-state index contributed by atoms with van der Waals surface area (Å²) in [6.07, 6.45) is 1.55. The van der Waals surface area contributed by atoms with Crippen molar-refractivity contribution in [3.63, 3.8) is 0 Å². The van der Waals surface area contributed by atoms with Crippen LogP contribution in [0.3, 0.4) is 0 Å². The molecule has 3 heteroatoms. The lowest BCUT2D eigenvalue weighted by atomic mass is 9.96. The number of hydrogen-bond donors (Lipinski definition) is 2. The van der Waals surface area contributed by atoms with Crippen molar-refractivity contribution in [1.82, 2.24) is 5.32 Å². The zero-order valence-electron chi connectivity index (χ0n) is 7.21. The van der Waals surface area contributed by atoms with Gasteiger partial charge in [-0.1, -0.05) is 6.92 Å². The van der Waals surface area contributed by atoms with Crippen molar-refractivity contribution in [3.05, 3.63) is 0 Å². The number of ether oxygens (including phenoxy) is 1. The van der Waals surface area contributed by atoms with Crippen LogP contribution in [0.5, 0.6) is 0 Å². The maximum atomic E-state index is 9.28. The fourth-order valence-corrected chi connectivity index (χ4v) is 1.43. The number of piperidine rings is 1. The minimum atomic E-state index is -0.637. The smallest absolute Gasteiger partial charge is 0.169 e. The van der Waals surface area contributed by atoms with Gasteiger partial charge in [0.05, 0.1) is 6.04 Å². The topological polar surface area (TPSA) is 41.5 Å². The Morgan fingerprint density at radius 3 is 2.73 bits per heavy atom. The van der Waals surface area contributed by atoms with E-state index in [4.69, 9.17) is 4.74 Å². The van der Waals surface area contributed by atoms with Gasteiger partial charge in [0, 0.05) is 7.11 Å². The van der Waals surface area contributed by atoms with Crippen molar-refractivity contribution < 1.29 is 9.84 Å². The molecule has 0 aromatic rings. The van der Waals surface area contributed by atoms with Crippen molar-refractivity contribution in [3.8, 4) is 0 Å². The molecule has 3 atom stereocenters. The third kappa shape index (κ3) is 2.43. The molecule has 1 saturated heterocycles. The van der Waals surface area contributed by atoms with E-state index >= 15 is 0 Å². The Morgan fingerprint density at radius 1 is 1.55 bits per heavy atom. The fraction of sp³-hybridized carbons (Fsp3) is 1.00. The molecule has 2 N–H and O–H groups in total. The van der Waals surface area contributed by atoms with Crippen LogP contribution in [0.15, 0.2) is 0 Å². The number of hydrogen-bond acceptors (Lipinski definition) is 3. The van der Waals surface area contributed by atoms with Crippen LogP contribution >= 0.6 is 0 Å². The molecule has 1 fully saturated rings. The van der Waals surface area contributed by atoms with Gasteiger partial charge in [0.1, 0.15) is 0 Å². The Kier molecular flexibility index (Phi) is 3.30. The van der Waals surface area contributed by atoms with Crippen molar-refractivity contribution in [2.75, 3.05) is 13.7 Å². The minimum absolute atomic E-state index is 0.135. The molecule has 0 aliphatic carbocycles. The predicted octanol–water partition coefficient (Wildman–Crippen LogP) is 0.339. The van der Waals surface area contributed by atoms with Gasteiger partial charge in [0.2, 0.25) is 0 Å². The fourth-order valence-electron chi connectivity index (χ4n) is 1.43. The Hall–Kier alpha value is -0.120. The van der Waals surface area contributed by atoms with E-state index in [9.17, 15) is 5.11 Å². The zero-order chi connectivity index (χ0) is 8.27. The second-order valence-electron chi connectivity index (χ2n) is 3.32. The lowest BCUT2D eigenvalue weighted by Gasteiger charge is -2.30. The van der Waals surface area contributed by atoms with Gasteiger partial charge in [-0.2, -0.15) is 0 Å². The number of nitrogens with one attached hydrogen (secondary N) is 1. The first kappa shape index (κ1) is 8.97. The van der Waals surface area contributed by atoms with Crippen LogP contribution in [0.2, 0.25) is 0 Å². The second-order valence-corrected chi connectivity index (χ2v) is 3.32. The van der Waals surface area contributed by atoms with Gasteiger partial charge in [-0.25, -0.2) is 0 Å². The van der Waals surface area contributed by atoms with E-state index < -0.39 is 6.29 Å². The quantitative estimate of drug-likeness (QED) is 0.571. The van der Waals surface area contributed by atoms with E-state index in [1.807, 2.05) is 0 Å². The summed E-state index contributed by atoms with van der Waals surface area (Å²) < 4.78 is 4.82. The Balaban J connectivity index is 2.27. The summed E-state index contributed by atoms with van der Waals surface area (Å²) in [5.41, 5.74) is 0. The Labute approximate surface area is 67.7 Å². The van der Waals surface area contributed by atoms with Crippen molar-refractivity contribution in [2.24, 2.45) is 5.92 Å². The molecule has 0 aromatic heterocycles. The Morgan fingerprint density at radius 2 is 2.27 bits per heavy atom. The summed E-state index contributed by atoms with van der Waals surface area (Å²) in [4.78, 5) is 0. The molecule has 0 aromatic carbocycles. The number of aliphatic hydroxyl groups is 1. The third-order valence-electron chi connectivity index (χ3n) is 2.28. The molecule has 3 nitrogen and oxygen atoms in total. The molecule has 0 spiro atoms. The van der Waals surface area contributed by atoms with E-state index in [1.165, 1.54) is 13.5 Å². The molecular formula is C8H17NO2. The molecule has 1 aliphatic rings. The highest BCUT2D eigenvalue weighted by Crippen LogP contribution is 2.15. The van der Waals surface area contributed by atoms with Crippen molar-refractivity contribution >= 4 is 0 Å². The van der Waals surface area contributed by atoms with Crippen LogP contribution in [0, 0.1) is 5.92 Å². The highest BCUT2D eigenvalue weighted by atomic mass is 16.6. The molecule has 0 radical (unpaired) electrons. The molecule has 1 rings (SSSR count). The van der Waals surface area contributed by atoms with Crippen LogP contribution in [0.4, 0.5) is 0 Å². The van der Waals surface area contributed by atoms with E-state index in [1.54, 1.807) is 0 Å². The number of aliphatic hydroxyl groups excluding tert-OH is 1. The van der Waals surface area contributed by atoms with E-state index in [2.05, 4.69) is 12.2 Å². The molecule has 1 unspecified atom stereocenters. The summed E-state index contributed by atoms with van der Waals surface area (Å²) in [7, 11) is 1.53. The van der Waals surface area contributed by atoms with Crippen LogP contribution in [0.25, 0.3) is 0 Å². The van der Waals surface area contributed by atoms with Gasteiger partial charge < -0.3 is 15.2 Å². The SMILES string of the molecule is COC(O)[C@H]1CC[C@@H](C)CN1. The largest absolute Gasteiger partial charge is 0.367 e. The van der Waals surface area contributed by atoms with Gasteiger partial charge in [-0.15, -0.1) is 0 Å². The molecular weight excluding hydrogens is 142 g/mol. The van der Waals surface area contributed by atoms with Crippen LogP contribution < -0.4 is 5.32 Å². The van der Waals surface area contributed by atoms with Crippen LogP contribution in [-0.4, -0.2) is 31.1 Å². The lowest BCUT2D eigenvalue weighted by molar-refractivity contribution is -0.103. The maximum Gasteiger partial charge on any atom is 0.169 e. The normalized spacial score (nSPS) is 35.2. The molecule has 11 heavy (non-hydrogen) atoms. The highest BCUT2D eigenvalue weighted by molar-refractivity contribution is 4.77. The molecule has 0 bridgehead atoms. The maximum absolute atomic E-state index is 9.28. The van der Waals surface area contributed by atoms with Gasteiger partial charge in [-0.05, 0) is 25.3 Å². The number of rotatable bonds is 2. The van der Waals surface area contributed by atoms with E-state index in [0.29, 0.717) is 0 Å². The summed E-state index contributed by atoms with van der Waals surface area (Å²) in [6, 6.07) is 0.135. The Bertz CT molecular complexity index is 111. The molecule has 1 aliphatic heterocycles. The standard InChI is InChI=1S/C8H17NO2/c1-6-3-4-7(9-5-6)8(10)11-2/h6-10H,3-5H2,1-2H3/t6-,7-,8?/m1/s1. The number of methoxy groups -OCH3 is 1. The van der Waals surface area contributed by atoms with E-state index in [0.717, 1.165) is 18.9 Å². The predicted molar refractivity (Wildman–Crippen MR) is 43.2 cm³/mol. The zero-order valence-corrected chi connectivity index (χ0v) is 7.21. The molecule has 66 valence electrons. The highest BCUT2D eigenvalue weighted by Gasteiger charge is 2.23. The molecule has 1 heterocycles. The lowest BCUT2D eigenvalue weighted by Crippen LogP contribution is -2.46. The minimum Gasteiger partial charge on any atom is -0.367 e. The average molecular weight is 159 g/mol. The molecule has 0 saturated carbocycles. The summed E-state index contributed by atoms with van der Waals surface area (Å²) in [5.74, 6) is 0.732. The third-order valence-corrected chi connectivity index (χ3v) is 2.28. The summed E-state index contributed by atoms with van der Waals surface area (Å²) >= 11 is 0. The van der Waals surface area contributed by atoms with Gasteiger partial charge >= 0.3 is 0 Å². The van der Waals surface area contributed by atoms with E-state index in [-0.39, 0.29) is 6.04 Å². The van der Waals surface area contributed by atoms with Crippen LogP contribution in [-0.2, 0) is 4.74 Å². The molecule has 0 amide bonds. The first-order valence-corrected chi connectivity index (χ1v) is 4.18. The van der Waals surface area contributed by atoms with Crippen molar-refractivity contribution in [2.45, 2.75) is 32.1 Å². The first-order chi connectivity index (χ1) is 5.24. The van der Waals surface area contributed by atoms with Gasteiger partial charge in [-0.3, -0.25) is 0 Å². The van der Waals surface area contributed by atoms with Crippen molar-refractivity contribution in [1.29, 1.82) is 0 Å². The van der Waals surface area contributed by atoms with Gasteiger partial charge in [0.15, 0.2) is 6.29 Å².